The highest BCUT2D eigenvalue weighted by Gasteiger charge is 2.21. The Morgan fingerprint density at radius 1 is 1.33 bits per heavy atom. The molecule has 0 atom stereocenters. The van der Waals surface area contributed by atoms with Crippen LogP contribution in [0, 0.1) is 5.92 Å². The SMILES string of the molecule is CC1CCC(c2csnn2)CC1. The van der Waals surface area contributed by atoms with Crippen LogP contribution in [0.15, 0.2) is 5.38 Å². The van der Waals surface area contributed by atoms with Crippen molar-refractivity contribution in [2.75, 3.05) is 0 Å². The van der Waals surface area contributed by atoms with Crippen molar-refractivity contribution in [1.82, 2.24) is 9.59 Å². The molecule has 66 valence electrons. The van der Waals surface area contributed by atoms with E-state index < -0.39 is 0 Å². The number of rotatable bonds is 1. The van der Waals surface area contributed by atoms with E-state index in [0.29, 0.717) is 5.92 Å². The van der Waals surface area contributed by atoms with Crippen molar-refractivity contribution in [3.8, 4) is 0 Å². The van der Waals surface area contributed by atoms with Gasteiger partial charge in [-0.25, -0.2) is 0 Å². The molecule has 1 aliphatic rings. The predicted molar refractivity (Wildman–Crippen MR) is 50.3 cm³/mol. The van der Waals surface area contributed by atoms with E-state index in [1.54, 1.807) is 0 Å². The fraction of sp³-hybridized carbons (Fsp3) is 0.778. The summed E-state index contributed by atoms with van der Waals surface area (Å²) < 4.78 is 3.91. The van der Waals surface area contributed by atoms with Gasteiger partial charge in [0.1, 0.15) is 0 Å². The Morgan fingerprint density at radius 3 is 2.67 bits per heavy atom. The van der Waals surface area contributed by atoms with Crippen molar-refractivity contribution < 1.29 is 0 Å². The summed E-state index contributed by atoms with van der Waals surface area (Å²) >= 11 is 1.47. The molecule has 0 radical (unpaired) electrons. The second kappa shape index (κ2) is 3.52. The summed E-state index contributed by atoms with van der Waals surface area (Å²) in [6.07, 6.45) is 5.35. The molecule has 0 N–H and O–H groups in total. The molecule has 0 saturated heterocycles. The molecule has 1 fully saturated rings. The summed E-state index contributed by atoms with van der Waals surface area (Å²) in [6, 6.07) is 0. The molecule has 2 rings (SSSR count). The molecular weight excluding hydrogens is 168 g/mol. The minimum Gasteiger partial charge on any atom is -0.143 e. The average Bonchev–Trinajstić information content (AvgIpc) is 2.58. The van der Waals surface area contributed by atoms with E-state index >= 15 is 0 Å². The number of nitrogens with zero attached hydrogens (tertiary/aromatic N) is 2. The molecule has 0 aliphatic heterocycles. The van der Waals surface area contributed by atoms with Crippen molar-refractivity contribution in [3.63, 3.8) is 0 Å². The lowest BCUT2D eigenvalue weighted by molar-refractivity contribution is 0.344. The lowest BCUT2D eigenvalue weighted by Gasteiger charge is -2.24. The molecule has 2 nitrogen and oxygen atoms in total. The Morgan fingerprint density at radius 2 is 2.08 bits per heavy atom. The van der Waals surface area contributed by atoms with Crippen molar-refractivity contribution in [2.45, 2.75) is 38.5 Å². The molecular formula is C9H14N2S. The van der Waals surface area contributed by atoms with Gasteiger partial charge in [-0.2, -0.15) is 0 Å². The van der Waals surface area contributed by atoms with Gasteiger partial charge in [-0.05, 0) is 30.3 Å². The van der Waals surface area contributed by atoms with Gasteiger partial charge in [-0.15, -0.1) is 5.10 Å². The highest BCUT2D eigenvalue weighted by atomic mass is 32.1. The van der Waals surface area contributed by atoms with Gasteiger partial charge in [-0.3, -0.25) is 0 Å². The van der Waals surface area contributed by atoms with Gasteiger partial charge >= 0.3 is 0 Å². The third kappa shape index (κ3) is 1.66. The Labute approximate surface area is 77.2 Å². The smallest absolute Gasteiger partial charge is 0.0786 e. The van der Waals surface area contributed by atoms with Crippen molar-refractivity contribution in [2.24, 2.45) is 5.92 Å². The van der Waals surface area contributed by atoms with Gasteiger partial charge < -0.3 is 0 Å². The van der Waals surface area contributed by atoms with Crippen LogP contribution in [0.4, 0.5) is 0 Å². The van der Waals surface area contributed by atoms with Crippen molar-refractivity contribution >= 4 is 11.5 Å². The Hall–Kier alpha value is -0.440. The topological polar surface area (TPSA) is 25.8 Å². The second-order valence-electron chi connectivity index (χ2n) is 3.79. The molecule has 0 bridgehead atoms. The maximum absolute atomic E-state index is 4.13. The third-order valence-corrected chi connectivity index (χ3v) is 3.33. The van der Waals surface area contributed by atoms with E-state index in [1.165, 1.54) is 42.9 Å². The van der Waals surface area contributed by atoms with Crippen LogP contribution < -0.4 is 0 Å². The first-order chi connectivity index (χ1) is 5.86. The summed E-state index contributed by atoms with van der Waals surface area (Å²) in [5, 5.41) is 6.23. The van der Waals surface area contributed by atoms with E-state index in [2.05, 4.69) is 21.9 Å². The second-order valence-corrected chi connectivity index (χ2v) is 4.40. The van der Waals surface area contributed by atoms with E-state index in [4.69, 9.17) is 0 Å². The Bertz CT molecular complexity index is 225. The van der Waals surface area contributed by atoms with E-state index in [0.717, 1.165) is 5.92 Å². The highest BCUT2D eigenvalue weighted by Crippen LogP contribution is 2.34. The average molecular weight is 182 g/mol. The number of hydrogen-bond acceptors (Lipinski definition) is 3. The van der Waals surface area contributed by atoms with Gasteiger partial charge in [-0.1, -0.05) is 24.3 Å². The molecule has 1 aliphatic carbocycles. The van der Waals surface area contributed by atoms with Gasteiger partial charge in [0.2, 0.25) is 0 Å². The molecule has 0 unspecified atom stereocenters. The summed E-state index contributed by atoms with van der Waals surface area (Å²) in [4.78, 5) is 0. The first-order valence-corrected chi connectivity index (χ1v) is 5.47. The fourth-order valence-electron chi connectivity index (χ4n) is 1.91. The van der Waals surface area contributed by atoms with Crippen LogP contribution in [0.2, 0.25) is 0 Å². The maximum Gasteiger partial charge on any atom is 0.0786 e. The van der Waals surface area contributed by atoms with Crippen LogP contribution in [-0.4, -0.2) is 9.59 Å². The molecule has 0 spiro atoms. The lowest BCUT2D eigenvalue weighted by Crippen LogP contribution is -2.10. The van der Waals surface area contributed by atoms with Crippen LogP contribution in [0.3, 0.4) is 0 Å². The molecule has 12 heavy (non-hydrogen) atoms. The van der Waals surface area contributed by atoms with Crippen LogP contribution in [0.25, 0.3) is 0 Å². The fourth-order valence-corrected chi connectivity index (χ4v) is 2.44. The zero-order valence-electron chi connectivity index (χ0n) is 7.36. The first kappa shape index (κ1) is 8.17. The zero-order chi connectivity index (χ0) is 8.39. The zero-order valence-corrected chi connectivity index (χ0v) is 8.18. The Kier molecular flexibility index (Phi) is 2.40. The maximum atomic E-state index is 4.13. The largest absolute Gasteiger partial charge is 0.143 e. The molecule has 1 heterocycles. The van der Waals surface area contributed by atoms with Gasteiger partial charge in [0, 0.05) is 11.3 Å². The molecule has 3 heteroatoms. The summed E-state index contributed by atoms with van der Waals surface area (Å²) in [7, 11) is 0. The van der Waals surface area contributed by atoms with Crippen molar-refractivity contribution in [1.29, 1.82) is 0 Å². The molecule has 1 aromatic rings. The molecule has 0 amide bonds. The van der Waals surface area contributed by atoms with Crippen molar-refractivity contribution in [3.05, 3.63) is 11.1 Å². The normalized spacial score (nSPS) is 30.4. The number of aromatic nitrogens is 2. The van der Waals surface area contributed by atoms with Gasteiger partial charge in [0.15, 0.2) is 0 Å². The predicted octanol–water partition coefficient (Wildman–Crippen LogP) is 2.83. The molecule has 0 aromatic carbocycles. The lowest BCUT2D eigenvalue weighted by atomic mass is 9.82. The third-order valence-electron chi connectivity index (χ3n) is 2.81. The minimum atomic E-state index is 0.708. The molecule has 1 aromatic heterocycles. The minimum absolute atomic E-state index is 0.708. The van der Waals surface area contributed by atoms with Gasteiger partial charge in [0.25, 0.3) is 0 Å². The summed E-state index contributed by atoms with van der Waals surface area (Å²) in [6.45, 7) is 2.34. The van der Waals surface area contributed by atoms with Gasteiger partial charge in [0.05, 0.1) is 5.69 Å². The quantitative estimate of drug-likeness (QED) is 0.667. The van der Waals surface area contributed by atoms with E-state index in [9.17, 15) is 0 Å². The van der Waals surface area contributed by atoms with Crippen LogP contribution in [-0.2, 0) is 0 Å². The van der Waals surface area contributed by atoms with E-state index in [1.807, 2.05) is 0 Å². The standard InChI is InChI=1S/C9H14N2S/c1-7-2-4-8(5-3-7)9-6-12-11-10-9/h6-8H,2-5H2,1H3. The summed E-state index contributed by atoms with van der Waals surface area (Å²) in [5.41, 5.74) is 1.23. The van der Waals surface area contributed by atoms with Crippen LogP contribution in [0.1, 0.15) is 44.2 Å². The summed E-state index contributed by atoms with van der Waals surface area (Å²) in [5.74, 6) is 1.63. The van der Waals surface area contributed by atoms with E-state index in [-0.39, 0.29) is 0 Å². The Balaban J connectivity index is 1.99. The highest BCUT2D eigenvalue weighted by molar-refractivity contribution is 7.03. The van der Waals surface area contributed by atoms with Crippen LogP contribution in [0.5, 0.6) is 0 Å². The molecule has 1 saturated carbocycles. The number of hydrogen-bond donors (Lipinski definition) is 0. The monoisotopic (exact) mass is 182 g/mol. The first-order valence-electron chi connectivity index (χ1n) is 4.63. The van der Waals surface area contributed by atoms with Crippen LogP contribution >= 0.6 is 11.5 Å².